The van der Waals surface area contributed by atoms with Crippen molar-refractivity contribution in [2.45, 2.75) is 109 Å². The summed E-state index contributed by atoms with van der Waals surface area (Å²) in [4.78, 5) is 11.6. The van der Waals surface area contributed by atoms with Gasteiger partial charge in [0, 0.05) is 0 Å². The van der Waals surface area contributed by atoms with Crippen LogP contribution in [0.4, 0.5) is 0 Å². The standard InChI is InChI=1S/C18H35O4P/c1-3-5-7-9-10-11-12-14-16-18(17(19)20,23(21)22)15-13-8-6-4-2/h3-16H2,1-2H3,(H,19,20). The normalized spacial score (nSPS) is 13.7. The molecule has 0 saturated carbocycles. The number of carboxylic acid groups (broad SMARTS) is 1. The van der Waals surface area contributed by atoms with Gasteiger partial charge in [-0.3, -0.25) is 4.79 Å². The summed E-state index contributed by atoms with van der Waals surface area (Å²) in [6.45, 7) is 4.27. The molecule has 0 aliphatic carbocycles. The minimum absolute atomic E-state index is 0.261. The lowest BCUT2D eigenvalue weighted by Crippen LogP contribution is -2.33. The van der Waals surface area contributed by atoms with Crippen molar-refractivity contribution in [1.29, 1.82) is 0 Å². The van der Waals surface area contributed by atoms with Crippen molar-refractivity contribution in [2.75, 3.05) is 0 Å². The van der Waals surface area contributed by atoms with Gasteiger partial charge in [0.1, 0.15) is 0 Å². The molecule has 0 rings (SSSR count). The van der Waals surface area contributed by atoms with Crippen molar-refractivity contribution < 1.29 is 19.0 Å². The van der Waals surface area contributed by atoms with Crippen LogP contribution >= 0.6 is 7.68 Å². The summed E-state index contributed by atoms with van der Waals surface area (Å²) < 4.78 is 23.2. The molecular formula is C18H35O4P. The lowest BCUT2D eigenvalue weighted by molar-refractivity contribution is -0.140. The van der Waals surface area contributed by atoms with Crippen LogP contribution in [0.5, 0.6) is 0 Å². The van der Waals surface area contributed by atoms with Gasteiger partial charge < -0.3 is 5.11 Å². The summed E-state index contributed by atoms with van der Waals surface area (Å²) >= 11 is 0. The third kappa shape index (κ3) is 9.30. The molecule has 0 aromatic heterocycles. The van der Waals surface area contributed by atoms with Gasteiger partial charge in [-0.15, -0.1) is 0 Å². The van der Waals surface area contributed by atoms with E-state index >= 15 is 0 Å². The van der Waals surface area contributed by atoms with Gasteiger partial charge in [0.25, 0.3) is 0 Å². The minimum Gasteiger partial charge on any atom is -0.480 e. The quantitative estimate of drug-likeness (QED) is 0.256. The van der Waals surface area contributed by atoms with Crippen molar-refractivity contribution >= 4 is 13.6 Å². The number of unbranched alkanes of at least 4 members (excludes halogenated alkanes) is 10. The van der Waals surface area contributed by atoms with Crippen LogP contribution in [0.25, 0.3) is 0 Å². The Balaban J connectivity index is 4.23. The second kappa shape index (κ2) is 13.8. The van der Waals surface area contributed by atoms with E-state index in [1.807, 2.05) is 0 Å². The second-order valence-corrected chi connectivity index (χ2v) is 8.00. The number of rotatable bonds is 16. The van der Waals surface area contributed by atoms with Crippen molar-refractivity contribution in [3.05, 3.63) is 0 Å². The molecule has 1 unspecified atom stereocenters. The van der Waals surface area contributed by atoms with Gasteiger partial charge in [0.2, 0.25) is 0 Å². The first-order chi connectivity index (χ1) is 11.0. The minimum atomic E-state index is -2.94. The Morgan fingerprint density at radius 2 is 1.09 bits per heavy atom. The van der Waals surface area contributed by atoms with E-state index in [4.69, 9.17) is 0 Å². The van der Waals surface area contributed by atoms with Crippen LogP contribution in [0, 0.1) is 0 Å². The average molecular weight is 346 g/mol. The lowest BCUT2D eigenvalue weighted by atomic mass is 9.93. The summed E-state index contributed by atoms with van der Waals surface area (Å²) in [5.74, 6) is -1.16. The maximum absolute atomic E-state index is 11.6. The molecule has 0 heterocycles. The van der Waals surface area contributed by atoms with Gasteiger partial charge in [-0.05, 0) is 12.8 Å². The third-order valence-electron chi connectivity index (χ3n) is 4.64. The maximum atomic E-state index is 11.6. The van der Waals surface area contributed by atoms with Crippen molar-refractivity contribution in [1.82, 2.24) is 0 Å². The predicted octanol–water partition coefficient (Wildman–Crippen LogP) is 6.48. The van der Waals surface area contributed by atoms with Crippen molar-refractivity contribution in [3.8, 4) is 0 Å². The van der Waals surface area contributed by atoms with Gasteiger partial charge in [-0.2, -0.15) is 0 Å². The van der Waals surface area contributed by atoms with Crippen molar-refractivity contribution in [3.63, 3.8) is 0 Å². The van der Waals surface area contributed by atoms with Gasteiger partial charge in [-0.1, -0.05) is 90.9 Å². The molecule has 0 aliphatic heterocycles. The highest BCUT2D eigenvalue weighted by molar-refractivity contribution is 7.34. The first-order valence-corrected chi connectivity index (χ1v) is 10.6. The van der Waals surface area contributed by atoms with E-state index in [9.17, 15) is 19.0 Å². The van der Waals surface area contributed by atoms with Gasteiger partial charge >= 0.3 is 13.6 Å². The number of carbonyl (C=O) groups is 1. The highest BCUT2D eigenvalue weighted by Crippen LogP contribution is 2.40. The van der Waals surface area contributed by atoms with Crippen LogP contribution < -0.4 is 0 Å². The molecule has 0 aromatic rings. The molecule has 0 bridgehead atoms. The summed E-state index contributed by atoms with van der Waals surface area (Å²) in [7, 11) is -2.94. The monoisotopic (exact) mass is 346 g/mol. The molecule has 0 spiro atoms. The molecule has 136 valence electrons. The zero-order chi connectivity index (χ0) is 17.6. The lowest BCUT2D eigenvalue weighted by Gasteiger charge is -2.21. The molecular weight excluding hydrogens is 311 g/mol. The van der Waals surface area contributed by atoms with E-state index in [-0.39, 0.29) is 12.8 Å². The van der Waals surface area contributed by atoms with E-state index in [0.29, 0.717) is 12.8 Å². The molecule has 1 atom stereocenters. The van der Waals surface area contributed by atoms with E-state index in [1.165, 1.54) is 32.1 Å². The molecule has 0 radical (unpaired) electrons. The summed E-state index contributed by atoms with van der Waals surface area (Å²) in [6, 6.07) is 0. The van der Waals surface area contributed by atoms with E-state index in [1.54, 1.807) is 0 Å². The Morgan fingerprint density at radius 3 is 1.43 bits per heavy atom. The third-order valence-corrected chi connectivity index (χ3v) is 5.97. The number of carboxylic acids is 1. The van der Waals surface area contributed by atoms with Gasteiger partial charge in [-0.25, -0.2) is 9.13 Å². The molecule has 4 nitrogen and oxygen atoms in total. The van der Waals surface area contributed by atoms with Crippen LogP contribution in [-0.2, 0) is 13.9 Å². The fraction of sp³-hybridized carbons (Fsp3) is 0.944. The first-order valence-electron chi connectivity index (χ1n) is 9.39. The van der Waals surface area contributed by atoms with Gasteiger partial charge in [0.15, 0.2) is 5.16 Å². The number of aliphatic carboxylic acids is 1. The van der Waals surface area contributed by atoms with Crippen LogP contribution in [0.15, 0.2) is 0 Å². The van der Waals surface area contributed by atoms with Crippen LogP contribution in [-0.4, -0.2) is 16.2 Å². The fourth-order valence-electron chi connectivity index (χ4n) is 3.00. The number of hydrogen-bond acceptors (Lipinski definition) is 3. The SMILES string of the molecule is CCCCCCCCCCC(CCCCCC)(C(=O)O)P(=O)=O. The molecule has 5 heteroatoms. The summed E-state index contributed by atoms with van der Waals surface area (Å²) in [5.41, 5.74) is 0. The molecule has 0 amide bonds. The van der Waals surface area contributed by atoms with E-state index in [0.717, 1.165) is 32.1 Å². The van der Waals surface area contributed by atoms with Crippen molar-refractivity contribution in [2.24, 2.45) is 0 Å². The Hall–Kier alpha value is -0.630. The van der Waals surface area contributed by atoms with Gasteiger partial charge in [0.05, 0.1) is 0 Å². The second-order valence-electron chi connectivity index (χ2n) is 6.63. The summed E-state index contributed by atoms with van der Waals surface area (Å²) in [5, 5.41) is 7.93. The average Bonchev–Trinajstić information content (AvgIpc) is 2.51. The van der Waals surface area contributed by atoms with Crippen LogP contribution in [0.3, 0.4) is 0 Å². The highest BCUT2D eigenvalue weighted by atomic mass is 31.1. The van der Waals surface area contributed by atoms with E-state index < -0.39 is 18.8 Å². The Labute approximate surface area is 142 Å². The molecule has 1 N–H and O–H groups in total. The highest BCUT2D eigenvalue weighted by Gasteiger charge is 2.43. The zero-order valence-corrected chi connectivity index (χ0v) is 15.9. The Morgan fingerprint density at radius 1 is 0.739 bits per heavy atom. The molecule has 0 aliphatic rings. The molecule has 0 fully saturated rings. The first kappa shape index (κ1) is 22.4. The van der Waals surface area contributed by atoms with E-state index in [2.05, 4.69) is 13.8 Å². The maximum Gasteiger partial charge on any atom is 0.333 e. The predicted molar refractivity (Wildman–Crippen MR) is 94.6 cm³/mol. The number of hydrogen-bond donors (Lipinski definition) is 1. The molecule has 23 heavy (non-hydrogen) atoms. The smallest absolute Gasteiger partial charge is 0.333 e. The fourth-order valence-corrected chi connectivity index (χ4v) is 3.83. The summed E-state index contributed by atoms with van der Waals surface area (Å²) in [6.07, 6.45) is 13.1. The van der Waals surface area contributed by atoms with Crippen LogP contribution in [0.1, 0.15) is 104 Å². The molecule has 0 aromatic carbocycles. The Kier molecular flexibility index (Phi) is 13.4. The largest absolute Gasteiger partial charge is 0.480 e. The molecule has 0 saturated heterocycles. The topological polar surface area (TPSA) is 71.4 Å². The Bertz CT molecular complexity index is 371. The van der Waals surface area contributed by atoms with Crippen LogP contribution in [0.2, 0.25) is 0 Å². The zero-order valence-electron chi connectivity index (χ0n) is 15.0.